The Morgan fingerprint density at radius 2 is 2.17 bits per heavy atom. The van der Waals surface area contributed by atoms with Crippen LogP contribution in [0.5, 0.6) is 0 Å². The first-order chi connectivity index (χ1) is 11.6. The zero-order valence-corrected chi connectivity index (χ0v) is 14.2. The molecule has 0 spiro atoms. The highest BCUT2D eigenvalue weighted by molar-refractivity contribution is 8.15. The molecule has 130 valence electrons. The van der Waals surface area contributed by atoms with Crippen molar-refractivity contribution in [3.8, 4) is 0 Å². The molecule has 1 heterocycles. The maximum atomic E-state index is 12.8. The monoisotopic (exact) mass is 353 g/mol. The number of halogens is 1. The fourth-order valence-electron chi connectivity index (χ4n) is 2.02. The largest absolute Gasteiger partial charge is 0.382 e. The van der Waals surface area contributed by atoms with Crippen molar-refractivity contribution in [3.63, 3.8) is 0 Å². The van der Waals surface area contributed by atoms with Crippen LogP contribution >= 0.6 is 11.8 Å². The van der Waals surface area contributed by atoms with Crippen LogP contribution in [0.1, 0.15) is 19.8 Å². The predicted octanol–water partition coefficient (Wildman–Crippen LogP) is 2.17. The number of carbonyl (C=O) groups excluding carboxylic acids is 2. The molecular formula is C16H20FN3O3S. The van der Waals surface area contributed by atoms with E-state index in [9.17, 15) is 14.0 Å². The lowest BCUT2D eigenvalue weighted by Gasteiger charge is -2.07. The Hall–Kier alpha value is -1.93. The lowest BCUT2D eigenvalue weighted by molar-refractivity contribution is -0.122. The average molecular weight is 353 g/mol. The zero-order valence-electron chi connectivity index (χ0n) is 13.4. The Morgan fingerprint density at radius 3 is 2.88 bits per heavy atom. The van der Waals surface area contributed by atoms with Crippen molar-refractivity contribution in [1.29, 1.82) is 0 Å². The molecule has 2 amide bonds. The van der Waals surface area contributed by atoms with E-state index in [0.29, 0.717) is 30.6 Å². The first kappa shape index (κ1) is 18.4. The van der Waals surface area contributed by atoms with Gasteiger partial charge in [-0.15, -0.1) is 0 Å². The summed E-state index contributed by atoms with van der Waals surface area (Å²) in [4.78, 5) is 28.2. The second-order valence-electron chi connectivity index (χ2n) is 5.09. The average Bonchev–Trinajstić information content (AvgIpc) is 2.89. The number of ether oxygens (including phenoxy) is 1. The van der Waals surface area contributed by atoms with E-state index in [1.165, 1.54) is 36.0 Å². The van der Waals surface area contributed by atoms with Gasteiger partial charge in [0.1, 0.15) is 11.1 Å². The normalized spacial score (nSPS) is 18.7. The van der Waals surface area contributed by atoms with E-state index in [-0.39, 0.29) is 24.1 Å². The number of amides is 2. The van der Waals surface area contributed by atoms with E-state index < -0.39 is 5.25 Å². The summed E-state index contributed by atoms with van der Waals surface area (Å²) in [6, 6.07) is 5.47. The molecule has 1 aliphatic rings. The molecule has 6 nitrogen and oxygen atoms in total. The minimum absolute atomic E-state index is 0.0336. The molecule has 1 atom stereocenters. The van der Waals surface area contributed by atoms with Crippen LogP contribution in [0, 0.1) is 5.82 Å². The molecule has 0 bridgehead atoms. The molecule has 0 saturated carbocycles. The summed E-state index contributed by atoms with van der Waals surface area (Å²) in [7, 11) is 0. The number of rotatable bonds is 8. The third kappa shape index (κ3) is 5.93. The maximum Gasteiger partial charge on any atom is 0.240 e. The van der Waals surface area contributed by atoms with Crippen LogP contribution in [0.3, 0.4) is 0 Å². The van der Waals surface area contributed by atoms with Gasteiger partial charge in [-0.2, -0.15) is 0 Å². The van der Waals surface area contributed by atoms with E-state index in [0.717, 1.165) is 6.42 Å². The van der Waals surface area contributed by atoms with E-state index >= 15 is 0 Å². The molecule has 1 aromatic rings. The van der Waals surface area contributed by atoms with Gasteiger partial charge in [-0.3, -0.25) is 14.6 Å². The third-order valence-electron chi connectivity index (χ3n) is 3.18. The Kier molecular flexibility index (Phi) is 7.20. The molecule has 0 aromatic heterocycles. The lowest BCUT2D eigenvalue weighted by atomic mass is 10.2. The van der Waals surface area contributed by atoms with E-state index in [4.69, 9.17) is 4.74 Å². The Balaban J connectivity index is 1.78. The van der Waals surface area contributed by atoms with Gasteiger partial charge < -0.3 is 15.4 Å². The quantitative estimate of drug-likeness (QED) is 0.702. The van der Waals surface area contributed by atoms with Crippen molar-refractivity contribution >= 4 is 34.4 Å². The zero-order chi connectivity index (χ0) is 17.4. The second kappa shape index (κ2) is 9.39. The SMILES string of the molecule is CCOCCCN=C1NC(=O)[C@H](CC(=O)Nc2ccc(F)cc2)S1. The minimum Gasteiger partial charge on any atom is -0.382 e. The van der Waals surface area contributed by atoms with Crippen molar-refractivity contribution in [1.82, 2.24) is 5.32 Å². The molecule has 1 saturated heterocycles. The summed E-state index contributed by atoms with van der Waals surface area (Å²) in [5.74, 6) is -0.895. The Morgan fingerprint density at radius 1 is 1.42 bits per heavy atom. The highest BCUT2D eigenvalue weighted by atomic mass is 32.2. The second-order valence-corrected chi connectivity index (χ2v) is 6.28. The fourth-order valence-corrected chi connectivity index (χ4v) is 3.02. The van der Waals surface area contributed by atoms with Gasteiger partial charge in [-0.1, -0.05) is 11.8 Å². The van der Waals surface area contributed by atoms with Gasteiger partial charge >= 0.3 is 0 Å². The summed E-state index contributed by atoms with van der Waals surface area (Å²) < 4.78 is 18.0. The lowest BCUT2D eigenvalue weighted by Crippen LogP contribution is -2.28. The predicted molar refractivity (Wildman–Crippen MR) is 92.6 cm³/mol. The minimum atomic E-state index is -0.504. The molecule has 2 rings (SSSR count). The van der Waals surface area contributed by atoms with Crippen molar-refractivity contribution in [3.05, 3.63) is 30.1 Å². The summed E-state index contributed by atoms with van der Waals surface area (Å²) in [6.45, 7) is 3.81. The smallest absolute Gasteiger partial charge is 0.240 e. The Bertz CT molecular complexity index is 607. The van der Waals surface area contributed by atoms with Gasteiger partial charge in [-0.05, 0) is 37.6 Å². The highest BCUT2D eigenvalue weighted by Gasteiger charge is 2.31. The molecule has 1 aliphatic heterocycles. The number of benzene rings is 1. The van der Waals surface area contributed by atoms with Crippen LogP contribution in [-0.4, -0.2) is 42.0 Å². The van der Waals surface area contributed by atoms with Crippen LogP contribution in [0.15, 0.2) is 29.3 Å². The van der Waals surface area contributed by atoms with Crippen molar-refractivity contribution < 1.29 is 18.7 Å². The first-order valence-electron chi connectivity index (χ1n) is 7.73. The molecule has 1 fully saturated rings. The number of amidine groups is 1. The van der Waals surface area contributed by atoms with Gasteiger partial charge in [0.05, 0.1) is 0 Å². The molecule has 24 heavy (non-hydrogen) atoms. The van der Waals surface area contributed by atoms with Crippen LogP contribution in [0.4, 0.5) is 10.1 Å². The fraction of sp³-hybridized carbons (Fsp3) is 0.438. The van der Waals surface area contributed by atoms with Gasteiger partial charge in [0.25, 0.3) is 0 Å². The van der Waals surface area contributed by atoms with E-state index in [1.54, 1.807) is 0 Å². The van der Waals surface area contributed by atoms with Gasteiger partial charge in [0.15, 0.2) is 5.17 Å². The topological polar surface area (TPSA) is 79.8 Å². The molecule has 8 heteroatoms. The van der Waals surface area contributed by atoms with Crippen molar-refractivity contribution in [2.75, 3.05) is 25.1 Å². The van der Waals surface area contributed by atoms with Crippen LogP contribution in [0.25, 0.3) is 0 Å². The number of nitrogens with one attached hydrogen (secondary N) is 2. The van der Waals surface area contributed by atoms with E-state index in [1.807, 2.05) is 6.92 Å². The maximum absolute atomic E-state index is 12.8. The van der Waals surface area contributed by atoms with Crippen LogP contribution in [-0.2, 0) is 14.3 Å². The summed E-state index contributed by atoms with van der Waals surface area (Å²) in [6.07, 6.45) is 0.815. The third-order valence-corrected chi connectivity index (χ3v) is 4.30. The summed E-state index contributed by atoms with van der Waals surface area (Å²) in [5.41, 5.74) is 0.495. The molecule has 0 unspecified atom stereocenters. The number of hydrogen-bond acceptors (Lipinski definition) is 5. The van der Waals surface area contributed by atoms with Gasteiger partial charge in [0.2, 0.25) is 11.8 Å². The first-order valence-corrected chi connectivity index (χ1v) is 8.61. The molecular weight excluding hydrogens is 333 g/mol. The molecule has 1 aromatic carbocycles. The summed E-state index contributed by atoms with van der Waals surface area (Å²) >= 11 is 1.25. The number of thioether (sulfide) groups is 1. The van der Waals surface area contributed by atoms with Crippen LogP contribution in [0.2, 0.25) is 0 Å². The van der Waals surface area contributed by atoms with E-state index in [2.05, 4.69) is 15.6 Å². The number of carbonyl (C=O) groups is 2. The standard InChI is InChI=1S/C16H20FN3O3S/c1-2-23-9-3-8-18-16-20-15(22)13(24-16)10-14(21)19-12-6-4-11(17)5-7-12/h4-7,13H,2-3,8-10H2,1H3,(H,19,21)(H,18,20,22)/t13-/m0/s1. The van der Waals surface area contributed by atoms with Crippen molar-refractivity contribution in [2.45, 2.75) is 25.0 Å². The number of aliphatic imine (C=N–C) groups is 1. The molecule has 0 radical (unpaired) electrons. The van der Waals surface area contributed by atoms with Gasteiger partial charge in [-0.25, -0.2) is 4.39 Å². The Labute approximate surface area is 144 Å². The van der Waals surface area contributed by atoms with Crippen LogP contribution < -0.4 is 10.6 Å². The highest BCUT2D eigenvalue weighted by Crippen LogP contribution is 2.23. The van der Waals surface area contributed by atoms with Gasteiger partial charge in [0, 0.05) is 31.9 Å². The summed E-state index contributed by atoms with van der Waals surface area (Å²) in [5, 5.41) is 5.35. The van der Waals surface area contributed by atoms with Crippen molar-refractivity contribution in [2.24, 2.45) is 4.99 Å². The number of nitrogens with zero attached hydrogens (tertiary/aromatic N) is 1. The molecule has 2 N–H and O–H groups in total. The number of hydrogen-bond donors (Lipinski definition) is 2. The number of anilines is 1. The molecule has 0 aliphatic carbocycles.